The molecule has 31 heavy (non-hydrogen) atoms. The summed E-state index contributed by atoms with van der Waals surface area (Å²) in [4.78, 5) is 0. The van der Waals surface area contributed by atoms with Crippen LogP contribution in [0.25, 0.3) is 0 Å². The molecule has 0 saturated carbocycles. The van der Waals surface area contributed by atoms with Crippen molar-refractivity contribution in [2.45, 2.75) is 118 Å². The molecule has 0 aromatic heterocycles. The molecular formula is C31H64. The molecule has 2 atom stereocenters. The van der Waals surface area contributed by atoms with E-state index in [1.54, 1.807) is 0 Å². The highest BCUT2D eigenvalue weighted by molar-refractivity contribution is 5.20. The second-order valence-electron chi connectivity index (χ2n) is 6.11. The molecule has 188 valence electrons. The maximum Gasteiger partial charge on any atom is -0.0130 e. The van der Waals surface area contributed by atoms with Crippen molar-refractivity contribution in [3.05, 3.63) is 83.9 Å². The Kier molecular flexibility index (Phi) is 50.6. The molecule has 2 unspecified atom stereocenters. The zero-order chi connectivity index (χ0) is 15.6. The van der Waals surface area contributed by atoms with Crippen molar-refractivity contribution >= 4 is 0 Å². The molecule has 0 bridgehead atoms. The average Bonchev–Trinajstić information content (AvgIpc) is 2.59. The summed E-state index contributed by atoms with van der Waals surface area (Å²) in [6.07, 6.45) is 9.49. The van der Waals surface area contributed by atoms with Gasteiger partial charge in [-0.15, -0.1) is 0 Å². The molecule has 2 aromatic carbocycles. The van der Waals surface area contributed by atoms with Gasteiger partial charge in [0.25, 0.3) is 0 Å². The van der Waals surface area contributed by atoms with Crippen molar-refractivity contribution in [2.24, 2.45) is 0 Å². The standard InChI is InChI=1S/C22H28.9CH4/c1-3-20(22-17-11-6-12-18-22)14-8-4-7-13-19(2)21-15-9-5-10-16-21;;;;;;;;;/h4-6,8-12,15-20H,3,7,13-14H2,1-2H3;9*1H4. The molecular weight excluding hydrogens is 372 g/mol. The lowest BCUT2D eigenvalue weighted by Crippen LogP contribution is -1.95. The van der Waals surface area contributed by atoms with Crippen molar-refractivity contribution in [1.29, 1.82) is 0 Å². The number of hydrogen-bond acceptors (Lipinski definition) is 0. The van der Waals surface area contributed by atoms with Gasteiger partial charge in [0.2, 0.25) is 0 Å². The van der Waals surface area contributed by atoms with Gasteiger partial charge in [0.1, 0.15) is 0 Å². The second-order valence-corrected chi connectivity index (χ2v) is 6.11. The van der Waals surface area contributed by atoms with Gasteiger partial charge in [-0.3, -0.25) is 0 Å². The molecule has 0 heteroatoms. The summed E-state index contributed by atoms with van der Waals surface area (Å²) in [6.45, 7) is 4.60. The van der Waals surface area contributed by atoms with E-state index in [2.05, 4.69) is 86.7 Å². The Hall–Kier alpha value is -1.82. The Bertz CT molecular complexity index is 539. The highest BCUT2D eigenvalue weighted by atomic mass is 14.1. The number of hydrogen-bond donors (Lipinski definition) is 0. The van der Waals surface area contributed by atoms with Crippen LogP contribution >= 0.6 is 0 Å². The Morgan fingerprint density at radius 2 is 1.03 bits per heavy atom. The van der Waals surface area contributed by atoms with Crippen LogP contribution < -0.4 is 0 Å². The molecule has 0 nitrogen and oxygen atoms in total. The van der Waals surface area contributed by atoms with Crippen LogP contribution in [0.4, 0.5) is 0 Å². The van der Waals surface area contributed by atoms with E-state index in [4.69, 9.17) is 0 Å². The van der Waals surface area contributed by atoms with Gasteiger partial charge in [-0.1, -0.05) is 154 Å². The van der Waals surface area contributed by atoms with Crippen molar-refractivity contribution in [3.63, 3.8) is 0 Å². The maximum atomic E-state index is 2.37. The van der Waals surface area contributed by atoms with E-state index in [-0.39, 0.29) is 66.8 Å². The minimum Gasteiger partial charge on any atom is -0.0885 e. The van der Waals surface area contributed by atoms with Gasteiger partial charge in [0.15, 0.2) is 0 Å². The normalized spacial score (nSPS) is 10.0. The summed E-state index contributed by atoms with van der Waals surface area (Å²) < 4.78 is 0. The number of benzene rings is 2. The van der Waals surface area contributed by atoms with E-state index >= 15 is 0 Å². The zero-order valence-corrected chi connectivity index (χ0v) is 13.9. The van der Waals surface area contributed by atoms with Crippen molar-refractivity contribution < 1.29 is 0 Å². The van der Waals surface area contributed by atoms with Gasteiger partial charge < -0.3 is 0 Å². The lowest BCUT2D eigenvalue weighted by Gasteiger charge is -2.13. The Morgan fingerprint density at radius 1 is 0.613 bits per heavy atom. The van der Waals surface area contributed by atoms with Crippen LogP contribution in [0.5, 0.6) is 0 Å². The molecule has 0 N–H and O–H groups in total. The fraction of sp³-hybridized carbons (Fsp3) is 0.548. The zero-order valence-electron chi connectivity index (χ0n) is 13.9. The number of rotatable bonds is 8. The minimum atomic E-state index is 0. The first kappa shape index (κ1) is 51.7. The fourth-order valence-corrected chi connectivity index (χ4v) is 2.94. The van der Waals surface area contributed by atoms with Crippen molar-refractivity contribution in [3.8, 4) is 0 Å². The quantitative estimate of drug-likeness (QED) is 0.361. The van der Waals surface area contributed by atoms with Gasteiger partial charge in [0, 0.05) is 0 Å². The molecule has 0 heterocycles. The first-order valence-electron chi connectivity index (χ1n) is 8.56. The Balaban J connectivity index is -0.0000000980. The SMILES string of the molecule is C.C.C.C.C.C.C.C.C.CCC(CC=CCCC(C)c1ccccc1)c1ccccc1. The monoisotopic (exact) mass is 437 g/mol. The van der Waals surface area contributed by atoms with Crippen LogP contribution in [0.2, 0.25) is 0 Å². The highest BCUT2D eigenvalue weighted by Gasteiger charge is 2.06. The maximum absolute atomic E-state index is 2.37. The lowest BCUT2D eigenvalue weighted by molar-refractivity contribution is 0.665. The molecule has 0 spiro atoms. The van der Waals surface area contributed by atoms with Crippen LogP contribution in [-0.4, -0.2) is 0 Å². The first-order valence-corrected chi connectivity index (χ1v) is 8.56. The van der Waals surface area contributed by atoms with Crippen LogP contribution in [0, 0.1) is 0 Å². The van der Waals surface area contributed by atoms with Crippen LogP contribution in [0.1, 0.15) is 129 Å². The predicted octanol–water partition coefficient (Wildman–Crippen LogP) is 12.4. The van der Waals surface area contributed by atoms with E-state index in [9.17, 15) is 0 Å². The van der Waals surface area contributed by atoms with Crippen LogP contribution in [0.3, 0.4) is 0 Å². The molecule has 0 saturated heterocycles. The van der Waals surface area contributed by atoms with Gasteiger partial charge in [-0.2, -0.15) is 0 Å². The topological polar surface area (TPSA) is 0 Å². The van der Waals surface area contributed by atoms with Gasteiger partial charge in [-0.25, -0.2) is 0 Å². The summed E-state index contributed by atoms with van der Waals surface area (Å²) in [7, 11) is 0. The van der Waals surface area contributed by atoms with E-state index in [0.29, 0.717) is 11.8 Å². The van der Waals surface area contributed by atoms with E-state index in [1.165, 1.54) is 30.4 Å². The molecule has 0 radical (unpaired) electrons. The summed E-state index contributed by atoms with van der Waals surface area (Å²) in [5.41, 5.74) is 2.92. The lowest BCUT2D eigenvalue weighted by atomic mass is 9.92. The van der Waals surface area contributed by atoms with Gasteiger partial charge in [-0.05, 0) is 48.6 Å². The third-order valence-electron chi connectivity index (χ3n) is 4.49. The van der Waals surface area contributed by atoms with Gasteiger partial charge >= 0.3 is 0 Å². The first-order chi connectivity index (χ1) is 10.8. The summed E-state index contributed by atoms with van der Waals surface area (Å²) in [5, 5.41) is 0. The predicted molar refractivity (Wildman–Crippen MR) is 158 cm³/mol. The minimum absolute atomic E-state index is 0. The molecule has 0 amide bonds. The molecule has 0 aliphatic carbocycles. The average molecular weight is 437 g/mol. The fourth-order valence-electron chi connectivity index (χ4n) is 2.94. The van der Waals surface area contributed by atoms with Gasteiger partial charge in [0.05, 0.1) is 0 Å². The van der Waals surface area contributed by atoms with Crippen molar-refractivity contribution in [2.75, 3.05) is 0 Å². The van der Waals surface area contributed by atoms with Crippen LogP contribution in [0.15, 0.2) is 72.8 Å². The summed E-state index contributed by atoms with van der Waals surface area (Å²) in [5.74, 6) is 1.30. The third kappa shape index (κ3) is 18.7. The highest BCUT2D eigenvalue weighted by Crippen LogP contribution is 2.24. The molecule has 2 rings (SSSR count). The Labute approximate surface area is 202 Å². The smallest absolute Gasteiger partial charge is 0.0130 e. The molecule has 0 aliphatic heterocycles. The number of allylic oxidation sites excluding steroid dienone is 2. The summed E-state index contributed by atoms with van der Waals surface area (Å²) in [6, 6.07) is 21.7. The Morgan fingerprint density at radius 3 is 1.45 bits per heavy atom. The summed E-state index contributed by atoms with van der Waals surface area (Å²) >= 11 is 0. The van der Waals surface area contributed by atoms with E-state index in [0.717, 1.165) is 6.42 Å². The van der Waals surface area contributed by atoms with Crippen molar-refractivity contribution in [1.82, 2.24) is 0 Å². The molecule has 0 aliphatic rings. The van der Waals surface area contributed by atoms with E-state index in [1.807, 2.05) is 0 Å². The third-order valence-corrected chi connectivity index (χ3v) is 4.49. The second kappa shape index (κ2) is 30.4. The largest absolute Gasteiger partial charge is 0.0885 e. The molecule has 0 fully saturated rings. The van der Waals surface area contributed by atoms with Crippen LogP contribution in [-0.2, 0) is 0 Å². The molecule has 2 aromatic rings. The van der Waals surface area contributed by atoms with E-state index < -0.39 is 0 Å².